The van der Waals surface area contributed by atoms with Gasteiger partial charge >= 0.3 is 0 Å². The van der Waals surface area contributed by atoms with Crippen LogP contribution in [-0.4, -0.2) is 35.0 Å². The summed E-state index contributed by atoms with van der Waals surface area (Å²) in [6, 6.07) is 1.79. The number of ether oxygens (including phenoxy) is 1. The Balaban J connectivity index is 1.94. The first kappa shape index (κ1) is 13.4. The molecule has 0 bridgehead atoms. The molecule has 0 N–H and O–H groups in total. The highest BCUT2D eigenvalue weighted by Gasteiger charge is 2.28. The summed E-state index contributed by atoms with van der Waals surface area (Å²) in [5.74, 6) is 2.01. The van der Waals surface area contributed by atoms with E-state index in [1.54, 1.807) is 12.3 Å². The van der Waals surface area contributed by atoms with Crippen LogP contribution in [0, 0.1) is 5.92 Å². The normalized spacial score (nSPS) is 22.7. The molecule has 0 aromatic carbocycles. The predicted molar refractivity (Wildman–Crippen MR) is 73.4 cm³/mol. The van der Waals surface area contributed by atoms with E-state index in [1.807, 2.05) is 20.9 Å². The number of alkyl halides is 1. The maximum atomic E-state index is 5.99. The molecule has 1 fully saturated rings. The number of halogens is 1. The fourth-order valence-electron chi connectivity index (χ4n) is 2.10. The quantitative estimate of drug-likeness (QED) is 0.771. The van der Waals surface area contributed by atoms with E-state index in [-0.39, 0.29) is 6.10 Å². The van der Waals surface area contributed by atoms with Crippen molar-refractivity contribution in [2.75, 3.05) is 18.5 Å². The van der Waals surface area contributed by atoms with E-state index in [2.05, 4.69) is 14.9 Å². The summed E-state index contributed by atoms with van der Waals surface area (Å²) in [7, 11) is 2.01. The molecule has 0 aliphatic heterocycles. The Kier molecular flexibility index (Phi) is 4.27. The van der Waals surface area contributed by atoms with Crippen molar-refractivity contribution in [1.29, 1.82) is 0 Å². The lowest BCUT2D eigenvalue weighted by Gasteiger charge is -2.34. The maximum Gasteiger partial charge on any atom is 0.228 e. The molecule has 1 aromatic heterocycles. The standard InChI is InChI=1S/C13H20ClN3O/c1-9(2)18-12-4-5-15-13(16-12)17(3)8-10-6-11(14)7-10/h4-5,9-11H,6-8H2,1-3H3. The zero-order chi connectivity index (χ0) is 13.1. The third-order valence-electron chi connectivity index (χ3n) is 3.03. The largest absolute Gasteiger partial charge is 0.475 e. The second-order valence-corrected chi connectivity index (χ2v) is 5.79. The van der Waals surface area contributed by atoms with Crippen LogP contribution in [0.1, 0.15) is 26.7 Å². The lowest BCUT2D eigenvalue weighted by Crippen LogP contribution is -2.35. The van der Waals surface area contributed by atoms with Crippen LogP contribution in [0.15, 0.2) is 12.3 Å². The Hall–Kier alpha value is -1.03. The second-order valence-electron chi connectivity index (χ2n) is 5.18. The molecule has 0 radical (unpaired) electrons. The molecule has 1 aliphatic carbocycles. The lowest BCUT2D eigenvalue weighted by atomic mass is 9.84. The Morgan fingerprint density at radius 3 is 2.83 bits per heavy atom. The van der Waals surface area contributed by atoms with Crippen molar-refractivity contribution in [3.05, 3.63) is 12.3 Å². The number of anilines is 1. The zero-order valence-corrected chi connectivity index (χ0v) is 11.9. The number of nitrogens with zero attached hydrogens (tertiary/aromatic N) is 3. The minimum Gasteiger partial charge on any atom is -0.475 e. The van der Waals surface area contributed by atoms with Crippen molar-refractivity contribution >= 4 is 17.5 Å². The van der Waals surface area contributed by atoms with Gasteiger partial charge in [0.05, 0.1) is 6.10 Å². The van der Waals surface area contributed by atoms with E-state index in [0.717, 1.165) is 19.4 Å². The van der Waals surface area contributed by atoms with E-state index < -0.39 is 0 Å². The monoisotopic (exact) mass is 269 g/mol. The first-order valence-corrected chi connectivity index (χ1v) is 6.83. The van der Waals surface area contributed by atoms with Gasteiger partial charge in [0.25, 0.3) is 0 Å². The van der Waals surface area contributed by atoms with E-state index >= 15 is 0 Å². The summed E-state index contributed by atoms with van der Waals surface area (Å²) in [6.07, 6.45) is 4.05. The molecule has 0 unspecified atom stereocenters. The highest BCUT2D eigenvalue weighted by atomic mass is 35.5. The summed E-state index contributed by atoms with van der Waals surface area (Å²) >= 11 is 5.99. The maximum absolute atomic E-state index is 5.99. The first-order valence-electron chi connectivity index (χ1n) is 6.39. The van der Waals surface area contributed by atoms with Gasteiger partial charge in [-0.05, 0) is 32.6 Å². The number of rotatable bonds is 5. The lowest BCUT2D eigenvalue weighted by molar-refractivity contribution is 0.232. The fraction of sp³-hybridized carbons (Fsp3) is 0.692. The van der Waals surface area contributed by atoms with E-state index in [9.17, 15) is 0 Å². The van der Waals surface area contributed by atoms with Gasteiger partial charge in [0.15, 0.2) is 0 Å². The van der Waals surface area contributed by atoms with Crippen molar-refractivity contribution in [1.82, 2.24) is 9.97 Å². The second kappa shape index (κ2) is 5.74. The molecule has 1 aliphatic rings. The van der Waals surface area contributed by atoms with Crippen LogP contribution < -0.4 is 9.64 Å². The van der Waals surface area contributed by atoms with Crippen molar-refractivity contribution in [3.63, 3.8) is 0 Å². The van der Waals surface area contributed by atoms with Gasteiger partial charge in [0.1, 0.15) is 0 Å². The molecule has 18 heavy (non-hydrogen) atoms. The minimum absolute atomic E-state index is 0.127. The molecule has 100 valence electrons. The van der Waals surface area contributed by atoms with Gasteiger partial charge in [-0.25, -0.2) is 4.98 Å². The third-order valence-corrected chi connectivity index (χ3v) is 3.38. The molecular formula is C13H20ClN3O. The van der Waals surface area contributed by atoms with Crippen LogP contribution in [0.25, 0.3) is 0 Å². The topological polar surface area (TPSA) is 38.2 Å². The van der Waals surface area contributed by atoms with E-state index in [1.165, 1.54) is 0 Å². The van der Waals surface area contributed by atoms with Crippen LogP contribution in [0.5, 0.6) is 5.88 Å². The molecule has 5 heteroatoms. The van der Waals surface area contributed by atoms with Crippen LogP contribution in [0.4, 0.5) is 5.95 Å². The number of hydrogen-bond acceptors (Lipinski definition) is 4. The molecule has 2 rings (SSSR count). The average Bonchev–Trinajstić information content (AvgIpc) is 2.26. The molecule has 1 heterocycles. The summed E-state index contributed by atoms with van der Waals surface area (Å²) < 4.78 is 5.57. The summed E-state index contributed by atoms with van der Waals surface area (Å²) in [5, 5.41) is 0.361. The minimum atomic E-state index is 0.127. The molecule has 0 spiro atoms. The van der Waals surface area contributed by atoms with Crippen molar-refractivity contribution in [2.24, 2.45) is 5.92 Å². The summed E-state index contributed by atoms with van der Waals surface area (Å²) in [6.45, 7) is 4.93. The fourth-order valence-corrected chi connectivity index (χ4v) is 2.60. The smallest absolute Gasteiger partial charge is 0.228 e. The molecule has 0 amide bonds. The number of aromatic nitrogens is 2. The molecule has 4 nitrogen and oxygen atoms in total. The van der Waals surface area contributed by atoms with Crippen molar-refractivity contribution in [3.8, 4) is 5.88 Å². The Morgan fingerprint density at radius 1 is 1.50 bits per heavy atom. The van der Waals surface area contributed by atoms with Crippen LogP contribution in [0.3, 0.4) is 0 Å². The predicted octanol–water partition coefficient (Wildman–Crippen LogP) is 2.72. The van der Waals surface area contributed by atoms with Gasteiger partial charge in [-0.1, -0.05) is 0 Å². The van der Waals surface area contributed by atoms with Gasteiger partial charge < -0.3 is 9.64 Å². The van der Waals surface area contributed by atoms with Crippen LogP contribution in [0.2, 0.25) is 0 Å². The Labute approximate surface area is 113 Å². The van der Waals surface area contributed by atoms with Crippen LogP contribution in [-0.2, 0) is 0 Å². The van der Waals surface area contributed by atoms with E-state index in [4.69, 9.17) is 16.3 Å². The highest BCUT2D eigenvalue weighted by Crippen LogP contribution is 2.32. The van der Waals surface area contributed by atoms with Crippen LogP contribution >= 0.6 is 11.6 Å². The molecule has 0 saturated heterocycles. The average molecular weight is 270 g/mol. The molecular weight excluding hydrogens is 250 g/mol. The molecule has 1 saturated carbocycles. The number of hydrogen-bond donors (Lipinski definition) is 0. The highest BCUT2D eigenvalue weighted by molar-refractivity contribution is 6.21. The van der Waals surface area contributed by atoms with Gasteiger partial charge in [-0.15, -0.1) is 11.6 Å². The molecule has 1 aromatic rings. The van der Waals surface area contributed by atoms with E-state index in [0.29, 0.717) is 23.1 Å². The van der Waals surface area contributed by atoms with Gasteiger partial charge in [0.2, 0.25) is 11.8 Å². The summed E-state index contributed by atoms with van der Waals surface area (Å²) in [4.78, 5) is 10.8. The van der Waals surface area contributed by atoms with Gasteiger partial charge in [-0.2, -0.15) is 4.98 Å². The SMILES string of the molecule is CC(C)Oc1ccnc(N(C)CC2CC(Cl)C2)n1. The first-order chi connectivity index (χ1) is 8.54. The Bertz CT molecular complexity index is 394. The zero-order valence-electron chi connectivity index (χ0n) is 11.1. The van der Waals surface area contributed by atoms with Gasteiger partial charge in [0, 0.05) is 31.2 Å². The third kappa shape index (κ3) is 3.48. The summed E-state index contributed by atoms with van der Waals surface area (Å²) in [5.41, 5.74) is 0. The van der Waals surface area contributed by atoms with Crippen molar-refractivity contribution < 1.29 is 4.74 Å². The molecule has 0 atom stereocenters. The van der Waals surface area contributed by atoms with Crippen molar-refractivity contribution in [2.45, 2.75) is 38.2 Å². The van der Waals surface area contributed by atoms with Gasteiger partial charge in [-0.3, -0.25) is 0 Å². The Morgan fingerprint density at radius 2 is 2.22 bits per heavy atom.